The van der Waals surface area contributed by atoms with E-state index in [1.165, 1.54) is 0 Å². The summed E-state index contributed by atoms with van der Waals surface area (Å²) in [5.74, 6) is 2.77. The zero-order chi connectivity index (χ0) is 15.1. The fourth-order valence-electron chi connectivity index (χ4n) is 2.19. The lowest BCUT2D eigenvalue weighted by atomic mass is 10.1. The van der Waals surface area contributed by atoms with Gasteiger partial charge in [0.2, 0.25) is 5.82 Å². The molecular formula is C15H16N4O2S. The van der Waals surface area contributed by atoms with E-state index in [1.54, 1.807) is 23.8 Å². The number of nitrogens with zero attached hydrogens (tertiary/aromatic N) is 4. The fraction of sp³-hybridized carbons (Fsp3) is 0.467. The molecule has 1 saturated carbocycles. The molecule has 3 aromatic heterocycles. The molecule has 0 N–H and O–H groups in total. The van der Waals surface area contributed by atoms with Crippen molar-refractivity contribution < 1.29 is 8.94 Å². The summed E-state index contributed by atoms with van der Waals surface area (Å²) in [6.45, 7) is 4.35. The predicted molar refractivity (Wildman–Crippen MR) is 81.4 cm³/mol. The van der Waals surface area contributed by atoms with Crippen molar-refractivity contribution in [2.45, 2.75) is 39.0 Å². The van der Waals surface area contributed by atoms with E-state index in [2.05, 4.69) is 34.0 Å². The van der Waals surface area contributed by atoms with Gasteiger partial charge in [-0.1, -0.05) is 19.0 Å². The molecule has 1 aliphatic rings. The first-order chi connectivity index (χ1) is 10.7. The van der Waals surface area contributed by atoms with Crippen LogP contribution in [0.2, 0.25) is 0 Å². The van der Waals surface area contributed by atoms with Crippen molar-refractivity contribution in [2.24, 2.45) is 5.92 Å². The van der Waals surface area contributed by atoms with E-state index in [9.17, 15) is 0 Å². The van der Waals surface area contributed by atoms with Gasteiger partial charge in [0.05, 0.1) is 11.2 Å². The van der Waals surface area contributed by atoms with Crippen molar-refractivity contribution in [2.75, 3.05) is 0 Å². The standard InChI is InChI=1S/C15H16N4O2S/c1-8(2)5-12-16-6-11(22-12)15-18-13(19-21-15)10-7-20-14(17-10)9-3-4-9/h6-9H,3-5H2,1-2H3. The largest absolute Gasteiger partial charge is 0.448 e. The van der Waals surface area contributed by atoms with Crippen molar-refractivity contribution >= 4 is 11.3 Å². The van der Waals surface area contributed by atoms with Gasteiger partial charge in [0.15, 0.2) is 5.89 Å². The molecule has 0 amide bonds. The van der Waals surface area contributed by atoms with Crippen LogP contribution >= 0.6 is 11.3 Å². The first-order valence-electron chi connectivity index (χ1n) is 7.43. The number of oxazole rings is 1. The SMILES string of the molecule is CC(C)Cc1ncc(-c2nc(-c3coc(C4CC4)n3)no2)s1. The Morgan fingerprint density at radius 3 is 2.95 bits per heavy atom. The average molecular weight is 316 g/mol. The summed E-state index contributed by atoms with van der Waals surface area (Å²) < 4.78 is 10.8. The molecule has 22 heavy (non-hydrogen) atoms. The van der Waals surface area contributed by atoms with Gasteiger partial charge >= 0.3 is 0 Å². The minimum atomic E-state index is 0.462. The molecular weight excluding hydrogens is 300 g/mol. The van der Waals surface area contributed by atoms with E-state index in [-0.39, 0.29) is 0 Å². The van der Waals surface area contributed by atoms with Gasteiger partial charge in [-0.05, 0) is 18.8 Å². The third-order valence-corrected chi connectivity index (χ3v) is 4.46. The zero-order valence-electron chi connectivity index (χ0n) is 12.4. The van der Waals surface area contributed by atoms with Gasteiger partial charge in [0.25, 0.3) is 5.89 Å². The van der Waals surface area contributed by atoms with E-state index in [4.69, 9.17) is 8.94 Å². The molecule has 0 atom stereocenters. The lowest BCUT2D eigenvalue weighted by Gasteiger charge is -1.97. The summed E-state index contributed by atoms with van der Waals surface area (Å²) in [4.78, 5) is 14.1. The lowest BCUT2D eigenvalue weighted by molar-refractivity contribution is 0.433. The van der Waals surface area contributed by atoms with Crippen LogP contribution in [0.1, 0.15) is 43.5 Å². The number of aromatic nitrogens is 4. The smallest absolute Gasteiger partial charge is 0.270 e. The van der Waals surface area contributed by atoms with Gasteiger partial charge in [-0.15, -0.1) is 11.3 Å². The van der Waals surface area contributed by atoms with Crippen LogP contribution in [0.3, 0.4) is 0 Å². The first-order valence-corrected chi connectivity index (χ1v) is 8.25. The Hall–Kier alpha value is -2.02. The minimum Gasteiger partial charge on any atom is -0.448 e. The summed E-state index contributed by atoms with van der Waals surface area (Å²) in [7, 11) is 0. The van der Waals surface area contributed by atoms with Crippen LogP contribution in [-0.2, 0) is 6.42 Å². The quantitative estimate of drug-likeness (QED) is 0.710. The monoisotopic (exact) mass is 316 g/mol. The van der Waals surface area contributed by atoms with E-state index < -0.39 is 0 Å². The Morgan fingerprint density at radius 2 is 2.18 bits per heavy atom. The maximum Gasteiger partial charge on any atom is 0.270 e. The molecule has 0 bridgehead atoms. The maximum absolute atomic E-state index is 5.46. The molecule has 3 aromatic rings. The summed E-state index contributed by atoms with van der Waals surface area (Å²) in [5, 5.41) is 5.08. The molecule has 7 heteroatoms. The highest BCUT2D eigenvalue weighted by Gasteiger charge is 2.29. The van der Waals surface area contributed by atoms with Gasteiger partial charge in [-0.3, -0.25) is 0 Å². The van der Waals surface area contributed by atoms with Crippen LogP contribution in [0.5, 0.6) is 0 Å². The molecule has 4 rings (SSSR count). The number of thiazole rings is 1. The van der Waals surface area contributed by atoms with E-state index in [1.807, 2.05) is 0 Å². The van der Waals surface area contributed by atoms with Crippen LogP contribution in [0.25, 0.3) is 22.3 Å². The second-order valence-corrected chi connectivity index (χ2v) is 7.10. The molecule has 0 radical (unpaired) electrons. The fourth-order valence-corrected chi connectivity index (χ4v) is 3.24. The Balaban J connectivity index is 1.56. The van der Waals surface area contributed by atoms with E-state index in [0.29, 0.717) is 29.2 Å². The molecule has 114 valence electrons. The van der Waals surface area contributed by atoms with Gasteiger partial charge in [0, 0.05) is 12.3 Å². The summed E-state index contributed by atoms with van der Waals surface area (Å²) >= 11 is 1.59. The molecule has 0 spiro atoms. The maximum atomic E-state index is 5.46. The third-order valence-electron chi connectivity index (χ3n) is 3.45. The van der Waals surface area contributed by atoms with Gasteiger partial charge in [-0.2, -0.15) is 4.98 Å². The third kappa shape index (κ3) is 2.68. The molecule has 1 aliphatic carbocycles. The van der Waals surface area contributed by atoms with Crippen LogP contribution in [0, 0.1) is 5.92 Å². The molecule has 0 aromatic carbocycles. The Bertz CT molecular complexity index is 785. The molecule has 1 fully saturated rings. The second-order valence-electron chi connectivity index (χ2n) is 5.98. The molecule has 6 nitrogen and oxygen atoms in total. The van der Waals surface area contributed by atoms with Crippen LogP contribution in [0.15, 0.2) is 21.4 Å². The Morgan fingerprint density at radius 1 is 1.32 bits per heavy atom. The molecule has 0 unspecified atom stereocenters. The Kier molecular flexibility index (Phi) is 3.29. The zero-order valence-corrected chi connectivity index (χ0v) is 13.3. The van der Waals surface area contributed by atoms with Crippen LogP contribution in [0.4, 0.5) is 0 Å². The van der Waals surface area contributed by atoms with E-state index >= 15 is 0 Å². The van der Waals surface area contributed by atoms with Crippen molar-refractivity contribution in [3.05, 3.63) is 23.4 Å². The summed E-state index contributed by atoms with van der Waals surface area (Å²) in [6, 6.07) is 0. The summed E-state index contributed by atoms with van der Waals surface area (Å²) in [5.41, 5.74) is 0.629. The summed E-state index contributed by atoms with van der Waals surface area (Å²) in [6.07, 6.45) is 6.64. The topological polar surface area (TPSA) is 77.8 Å². The first kappa shape index (κ1) is 13.6. The highest BCUT2D eigenvalue weighted by Crippen LogP contribution is 2.40. The van der Waals surface area contributed by atoms with Crippen LogP contribution < -0.4 is 0 Å². The number of hydrogen-bond acceptors (Lipinski definition) is 7. The minimum absolute atomic E-state index is 0.462. The van der Waals surface area contributed by atoms with Crippen molar-refractivity contribution in [1.29, 1.82) is 0 Å². The molecule has 3 heterocycles. The van der Waals surface area contributed by atoms with Crippen molar-refractivity contribution in [1.82, 2.24) is 20.1 Å². The molecule has 0 aliphatic heterocycles. The van der Waals surface area contributed by atoms with Crippen molar-refractivity contribution in [3.8, 4) is 22.3 Å². The van der Waals surface area contributed by atoms with Gasteiger partial charge in [0.1, 0.15) is 16.8 Å². The van der Waals surface area contributed by atoms with Crippen molar-refractivity contribution in [3.63, 3.8) is 0 Å². The lowest BCUT2D eigenvalue weighted by Crippen LogP contribution is -1.91. The van der Waals surface area contributed by atoms with Crippen LogP contribution in [-0.4, -0.2) is 20.1 Å². The highest BCUT2D eigenvalue weighted by atomic mass is 32.1. The number of rotatable bonds is 5. The number of hydrogen-bond donors (Lipinski definition) is 0. The van der Waals surface area contributed by atoms with Gasteiger partial charge in [-0.25, -0.2) is 9.97 Å². The van der Waals surface area contributed by atoms with Gasteiger partial charge < -0.3 is 8.94 Å². The predicted octanol–water partition coefficient (Wildman–Crippen LogP) is 3.92. The molecule has 0 saturated heterocycles. The average Bonchev–Trinajstić information content (AvgIpc) is 2.95. The highest BCUT2D eigenvalue weighted by molar-refractivity contribution is 7.15. The van der Waals surface area contributed by atoms with E-state index in [0.717, 1.165) is 35.0 Å². The normalized spacial score (nSPS) is 14.9. The Labute approximate surface area is 131 Å². The second kappa shape index (κ2) is 5.31.